The highest BCUT2D eigenvalue weighted by atomic mass is 16.2. The van der Waals surface area contributed by atoms with Crippen LogP contribution >= 0.6 is 0 Å². The fourth-order valence-electron chi connectivity index (χ4n) is 4.14. The second-order valence-corrected chi connectivity index (χ2v) is 8.16. The molecule has 0 bridgehead atoms. The number of nitrogens with zero attached hydrogens (tertiary/aromatic N) is 1. The summed E-state index contributed by atoms with van der Waals surface area (Å²) >= 11 is 0. The van der Waals surface area contributed by atoms with Crippen LogP contribution in [0.3, 0.4) is 0 Å². The lowest BCUT2D eigenvalue weighted by Gasteiger charge is -2.27. The summed E-state index contributed by atoms with van der Waals surface area (Å²) in [6.45, 7) is 2.27. The topological polar surface area (TPSA) is 95.6 Å². The van der Waals surface area contributed by atoms with E-state index in [0.717, 1.165) is 11.1 Å². The number of urea groups is 1. The Kier molecular flexibility index (Phi) is 5.84. The van der Waals surface area contributed by atoms with E-state index < -0.39 is 6.04 Å². The summed E-state index contributed by atoms with van der Waals surface area (Å²) in [7, 11) is 0. The Bertz CT molecular complexity index is 1050. The number of hydrogen-bond donors (Lipinski definition) is 2. The lowest BCUT2D eigenvalue weighted by atomic mass is 9.94. The van der Waals surface area contributed by atoms with Gasteiger partial charge in [0.1, 0.15) is 5.78 Å². The molecule has 7 nitrogen and oxygen atoms in total. The highest BCUT2D eigenvalue weighted by Gasteiger charge is 2.36. The number of amides is 3. The van der Waals surface area contributed by atoms with E-state index in [4.69, 9.17) is 0 Å². The van der Waals surface area contributed by atoms with Crippen LogP contribution < -0.4 is 10.6 Å². The van der Waals surface area contributed by atoms with Crippen molar-refractivity contribution in [3.63, 3.8) is 0 Å². The quantitative estimate of drug-likeness (QED) is 0.784. The third kappa shape index (κ3) is 4.66. The maximum atomic E-state index is 12.9. The summed E-state index contributed by atoms with van der Waals surface area (Å²) in [6, 6.07) is 11.7. The molecule has 1 aliphatic carbocycles. The molecular weight excluding hydrogens is 394 g/mol. The zero-order valence-electron chi connectivity index (χ0n) is 17.4. The van der Waals surface area contributed by atoms with Crippen molar-refractivity contribution >= 4 is 34.9 Å². The van der Waals surface area contributed by atoms with Gasteiger partial charge in [-0.1, -0.05) is 17.7 Å². The van der Waals surface area contributed by atoms with Crippen molar-refractivity contribution in [2.75, 3.05) is 10.6 Å². The average Bonchev–Trinajstić information content (AvgIpc) is 3.04. The number of nitrogens with one attached hydrogen (secondary N) is 2. The molecule has 31 heavy (non-hydrogen) atoms. The van der Waals surface area contributed by atoms with E-state index in [1.807, 2.05) is 31.2 Å². The highest BCUT2D eigenvalue weighted by molar-refractivity contribution is 6.03. The van der Waals surface area contributed by atoms with Gasteiger partial charge in [-0.2, -0.15) is 0 Å². The van der Waals surface area contributed by atoms with Crippen LogP contribution in [0.4, 0.5) is 16.2 Å². The van der Waals surface area contributed by atoms with E-state index in [1.54, 1.807) is 23.1 Å². The van der Waals surface area contributed by atoms with Crippen molar-refractivity contribution in [2.24, 2.45) is 0 Å². The van der Waals surface area contributed by atoms with Crippen LogP contribution in [0.15, 0.2) is 42.5 Å². The van der Waals surface area contributed by atoms with Gasteiger partial charge in [0.2, 0.25) is 0 Å². The standard InChI is InChI=1S/C24H25N3O4/c1-15-5-7-17(8-6-15)25-24(31)26-18-9-11-20-16(13-18)14-27(23(20)30)21-12-10-19(28)3-2-4-22(21)29/h5-9,11,13,21H,2-4,10,12,14H2,1H3,(H2,25,26,31). The van der Waals surface area contributed by atoms with Crippen LogP contribution in [0.25, 0.3) is 0 Å². The van der Waals surface area contributed by atoms with E-state index in [0.29, 0.717) is 55.6 Å². The maximum absolute atomic E-state index is 12.9. The highest BCUT2D eigenvalue weighted by Crippen LogP contribution is 2.30. The number of carbonyl (C=O) groups excluding carboxylic acids is 4. The van der Waals surface area contributed by atoms with Crippen molar-refractivity contribution in [1.82, 2.24) is 4.90 Å². The van der Waals surface area contributed by atoms with Gasteiger partial charge >= 0.3 is 6.03 Å². The van der Waals surface area contributed by atoms with Crippen LogP contribution in [0, 0.1) is 6.92 Å². The number of anilines is 2. The number of fused-ring (bicyclic) bond motifs is 1. The molecule has 3 amide bonds. The normalized spacial score (nSPS) is 18.9. The van der Waals surface area contributed by atoms with E-state index in [-0.39, 0.29) is 23.5 Å². The summed E-state index contributed by atoms with van der Waals surface area (Å²) in [6.07, 6.45) is 2.01. The lowest BCUT2D eigenvalue weighted by molar-refractivity contribution is -0.126. The number of carbonyl (C=O) groups is 4. The number of hydrogen-bond acceptors (Lipinski definition) is 4. The molecule has 1 unspecified atom stereocenters. The molecular formula is C24H25N3O4. The van der Waals surface area contributed by atoms with Crippen molar-refractivity contribution in [1.29, 1.82) is 0 Å². The molecule has 7 heteroatoms. The van der Waals surface area contributed by atoms with Gasteiger partial charge in [0.15, 0.2) is 5.78 Å². The van der Waals surface area contributed by atoms with E-state index in [9.17, 15) is 19.2 Å². The molecule has 0 radical (unpaired) electrons. The Morgan fingerprint density at radius 3 is 2.42 bits per heavy atom. The molecule has 4 rings (SSSR count). The van der Waals surface area contributed by atoms with Crippen molar-refractivity contribution in [3.05, 3.63) is 59.2 Å². The molecule has 0 aromatic heterocycles. The molecule has 1 fully saturated rings. The van der Waals surface area contributed by atoms with Gasteiger partial charge in [-0.25, -0.2) is 4.79 Å². The van der Waals surface area contributed by atoms with E-state index in [1.165, 1.54) is 0 Å². The molecule has 0 spiro atoms. The number of ketones is 2. The summed E-state index contributed by atoms with van der Waals surface area (Å²) in [5, 5.41) is 5.56. The molecule has 2 aliphatic rings. The summed E-state index contributed by atoms with van der Waals surface area (Å²) in [5.74, 6) is -0.0331. The van der Waals surface area contributed by atoms with Gasteiger partial charge in [-0.3, -0.25) is 14.4 Å². The third-order valence-electron chi connectivity index (χ3n) is 5.83. The van der Waals surface area contributed by atoms with Gasteiger partial charge in [0, 0.05) is 42.7 Å². The zero-order valence-corrected chi connectivity index (χ0v) is 17.4. The first-order valence-electron chi connectivity index (χ1n) is 10.5. The SMILES string of the molecule is Cc1ccc(NC(=O)Nc2ccc3c(c2)CN(C2CCC(=O)CCCC2=O)C3=O)cc1. The van der Waals surface area contributed by atoms with Crippen molar-refractivity contribution < 1.29 is 19.2 Å². The summed E-state index contributed by atoms with van der Waals surface area (Å²) in [4.78, 5) is 51.2. The predicted molar refractivity (Wildman–Crippen MR) is 117 cm³/mol. The fraction of sp³-hybridized carbons (Fsp3) is 0.333. The molecule has 1 atom stereocenters. The molecule has 2 N–H and O–H groups in total. The Morgan fingerprint density at radius 2 is 1.65 bits per heavy atom. The molecule has 2 aromatic carbocycles. The monoisotopic (exact) mass is 419 g/mol. The fourth-order valence-corrected chi connectivity index (χ4v) is 4.14. The smallest absolute Gasteiger partial charge is 0.323 e. The second-order valence-electron chi connectivity index (χ2n) is 8.16. The Morgan fingerprint density at radius 1 is 0.935 bits per heavy atom. The number of aryl methyl sites for hydroxylation is 1. The predicted octanol–water partition coefficient (Wildman–Crippen LogP) is 4.07. The second kappa shape index (κ2) is 8.71. The van der Waals surface area contributed by atoms with Gasteiger partial charge < -0.3 is 15.5 Å². The first-order valence-corrected chi connectivity index (χ1v) is 10.5. The summed E-state index contributed by atoms with van der Waals surface area (Å²) < 4.78 is 0. The van der Waals surface area contributed by atoms with Crippen LogP contribution in [0.1, 0.15) is 53.6 Å². The van der Waals surface area contributed by atoms with Gasteiger partial charge in [-0.05, 0) is 55.7 Å². The summed E-state index contributed by atoms with van der Waals surface area (Å²) in [5.41, 5.74) is 3.65. The van der Waals surface area contributed by atoms with Gasteiger partial charge in [-0.15, -0.1) is 0 Å². The lowest BCUT2D eigenvalue weighted by Crippen LogP contribution is -2.42. The minimum atomic E-state index is -0.564. The molecule has 160 valence electrons. The molecule has 2 aromatic rings. The number of rotatable bonds is 3. The Hall–Kier alpha value is -3.48. The first-order chi connectivity index (χ1) is 14.9. The van der Waals surface area contributed by atoms with Crippen molar-refractivity contribution in [3.8, 4) is 0 Å². The van der Waals surface area contributed by atoms with Crippen LogP contribution in [-0.2, 0) is 16.1 Å². The third-order valence-corrected chi connectivity index (χ3v) is 5.83. The molecule has 1 saturated carbocycles. The maximum Gasteiger partial charge on any atom is 0.323 e. The largest absolute Gasteiger partial charge is 0.324 e. The molecule has 1 aliphatic heterocycles. The van der Waals surface area contributed by atoms with E-state index in [2.05, 4.69) is 10.6 Å². The number of benzene rings is 2. The molecule has 0 saturated heterocycles. The zero-order chi connectivity index (χ0) is 22.0. The van der Waals surface area contributed by atoms with Crippen LogP contribution in [0.5, 0.6) is 0 Å². The van der Waals surface area contributed by atoms with Gasteiger partial charge in [0.05, 0.1) is 6.04 Å². The minimum absolute atomic E-state index is 0.0180. The Labute approximate surface area is 180 Å². The first kappa shape index (κ1) is 20.8. The number of Topliss-reactive ketones (excluding diaryl/α,β-unsaturated/α-hetero) is 2. The van der Waals surface area contributed by atoms with Crippen molar-refractivity contribution in [2.45, 2.75) is 51.6 Å². The van der Waals surface area contributed by atoms with Crippen LogP contribution in [-0.4, -0.2) is 34.4 Å². The van der Waals surface area contributed by atoms with Gasteiger partial charge in [0.25, 0.3) is 5.91 Å². The van der Waals surface area contributed by atoms with Crippen LogP contribution in [0.2, 0.25) is 0 Å². The molecule has 1 heterocycles. The Balaban J connectivity index is 1.45. The minimum Gasteiger partial charge on any atom is -0.324 e. The van der Waals surface area contributed by atoms with E-state index >= 15 is 0 Å². The average molecular weight is 419 g/mol.